The van der Waals surface area contributed by atoms with Crippen molar-refractivity contribution >= 4 is 5.65 Å². The molecule has 0 bridgehead atoms. The molecule has 1 saturated heterocycles. The molecule has 2 aromatic heterocycles. The predicted molar refractivity (Wildman–Crippen MR) is 59.3 cm³/mol. The van der Waals surface area contributed by atoms with E-state index in [0.717, 1.165) is 31.2 Å². The molecule has 1 unspecified atom stereocenters. The SMILES string of the molecule is Cc1ccn2nc(C3CNCCO3)nc2c1. The Bertz CT molecular complexity index is 502. The lowest BCUT2D eigenvalue weighted by atomic mass is 10.3. The predicted octanol–water partition coefficient (Wildman–Crippen LogP) is 0.699. The van der Waals surface area contributed by atoms with E-state index >= 15 is 0 Å². The standard InChI is InChI=1S/C11H14N4O/c1-8-2-4-15-10(6-8)13-11(14-15)9-7-12-3-5-16-9/h2,4,6,9,12H,3,5,7H2,1H3. The van der Waals surface area contributed by atoms with E-state index in [-0.39, 0.29) is 6.10 Å². The average molecular weight is 218 g/mol. The van der Waals surface area contributed by atoms with Crippen LogP contribution in [0.3, 0.4) is 0 Å². The van der Waals surface area contributed by atoms with Crippen LogP contribution in [0.25, 0.3) is 5.65 Å². The van der Waals surface area contributed by atoms with Crippen molar-refractivity contribution < 1.29 is 4.74 Å². The highest BCUT2D eigenvalue weighted by Gasteiger charge is 2.20. The van der Waals surface area contributed by atoms with Crippen molar-refractivity contribution in [3.8, 4) is 0 Å². The van der Waals surface area contributed by atoms with Crippen LogP contribution in [0.1, 0.15) is 17.5 Å². The summed E-state index contributed by atoms with van der Waals surface area (Å²) >= 11 is 0. The molecule has 1 atom stereocenters. The second-order valence-electron chi connectivity index (χ2n) is 4.04. The number of nitrogens with one attached hydrogen (secondary N) is 1. The van der Waals surface area contributed by atoms with E-state index in [9.17, 15) is 0 Å². The molecule has 0 radical (unpaired) electrons. The quantitative estimate of drug-likeness (QED) is 0.765. The van der Waals surface area contributed by atoms with Gasteiger partial charge in [-0.05, 0) is 24.6 Å². The van der Waals surface area contributed by atoms with Crippen LogP contribution < -0.4 is 5.32 Å². The molecular weight excluding hydrogens is 204 g/mol. The van der Waals surface area contributed by atoms with Gasteiger partial charge < -0.3 is 10.1 Å². The number of hydrogen-bond donors (Lipinski definition) is 1. The van der Waals surface area contributed by atoms with E-state index in [4.69, 9.17) is 4.74 Å². The van der Waals surface area contributed by atoms with Crippen LogP contribution in [-0.2, 0) is 4.74 Å². The highest BCUT2D eigenvalue weighted by Crippen LogP contribution is 2.16. The fourth-order valence-electron chi connectivity index (χ4n) is 1.87. The average Bonchev–Trinajstić information content (AvgIpc) is 2.73. The van der Waals surface area contributed by atoms with Gasteiger partial charge in [-0.3, -0.25) is 0 Å². The van der Waals surface area contributed by atoms with Crippen LogP contribution in [0.2, 0.25) is 0 Å². The Hall–Kier alpha value is -1.46. The summed E-state index contributed by atoms with van der Waals surface area (Å²) in [5.41, 5.74) is 2.07. The summed E-state index contributed by atoms with van der Waals surface area (Å²) in [5, 5.41) is 7.69. The highest BCUT2D eigenvalue weighted by atomic mass is 16.5. The monoisotopic (exact) mass is 218 g/mol. The molecule has 5 heteroatoms. The summed E-state index contributed by atoms with van der Waals surface area (Å²) in [5.74, 6) is 0.762. The molecule has 16 heavy (non-hydrogen) atoms. The molecular formula is C11H14N4O. The van der Waals surface area contributed by atoms with Gasteiger partial charge in [0.25, 0.3) is 0 Å². The minimum atomic E-state index is -0.0195. The van der Waals surface area contributed by atoms with Gasteiger partial charge in [-0.2, -0.15) is 0 Å². The minimum absolute atomic E-state index is 0.0195. The Morgan fingerprint density at radius 2 is 2.50 bits per heavy atom. The first-order valence-corrected chi connectivity index (χ1v) is 5.48. The number of hydrogen-bond acceptors (Lipinski definition) is 4. The maximum atomic E-state index is 5.62. The number of ether oxygens (including phenoxy) is 1. The van der Waals surface area contributed by atoms with Gasteiger partial charge in [0.05, 0.1) is 6.61 Å². The Labute approximate surface area is 93.4 Å². The van der Waals surface area contributed by atoms with Crippen LogP contribution in [0.5, 0.6) is 0 Å². The van der Waals surface area contributed by atoms with Crippen molar-refractivity contribution in [2.24, 2.45) is 0 Å². The van der Waals surface area contributed by atoms with Gasteiger partial charge in [-0.25, -0.2) is 9.50 Å². The van der Waals surface area contributed by atoms with Crippen LogP contribution in [0, 0.1) is 6.92 Å². The summed E-state index contributed by atoms with van der Waals surface area (Å²) in [6.07, 6.45) is 1.91. The van der Waals surface area contributed by atoms with Gasteiger partial charge in [0, 0.05) is 19.3 Å². The zero-order chi connectivity index (χ0) is 11.0. The van der Waals surface area contributed by atoms with Crippen LogP contribution >= 0.6 is 0 Å². The van der Waals surface area contributed by atoms with Crippen LogP contribution in [0.4, 0.5) is 0 Å². The third kappa shape index (κ3) is 1.68. The lowest BCUT2D eigenvalue weighted by molar-refractivity contribution is 0.0223. The molecule has 0 spiro atoms. The zero-order valence-electron chi connectivity index (χ0n) is 9.18. The van der Waals surface area contributed by atoms with Gasteiger partial charge in [0.15, 0.2) is 11.5 Å². The largest absolute Gasteiger partial charge is 0.367 e. The van der Waals surface area contributed by atoms with E-state index in [1.807, 2.05) is 25.3 Å². The smallest absolute Gasteiger partial charge is 0.181 e. The topological polar surface area (TPSA) is 51.5 Å². The normalized spacial score (nSPS) is 21.4. The summed E-state index contributed by atoms with van der Waals surface area (Å²) in [6.45, 7) is 4.46. The number of morpholine rings is 1. The summed E-state index contributed by atoms with van der Waals surface area (Å²) < 4.78 is 7.41. The zero-order valence-corrected chi connectivity index (χ0v) is 9.18. The molecule has 0 saturated carbocycles. The van der Waals surface area contributed by atoms with Crippen molar-refractivity contribution in [2.75, 3.05) is 19.7 Å². The molecule has 5 nitrogen and oxygen atoms in total. The van der Waals surface area contributed by atoms with Crippen LogP contribution in [0.15, 0.2) is 18.3 Å². The van der Waals surface area contributed by atoms with E-state index in [0.29, 0.717) is 0 Å². The number of rotatable bonds is 1. The van der Waals surface area contributed by atoms with E-state index in [1.54, 1.807) is 4.52 Å². The number of pyridine rings is 1. The molecule has 1 aliphatic rings. The van der Waals surface area contributed by atoms with Crippen molar-refractivity contribution in [1.82, 2.24) is 19.9 Å². The maximum absolute atomic E-state index is 5.62. The Balaban J connectivity index is 1.97. The van der Waals surface area contributed by atoms with E-state index in [2.05, 4.69) is 15.4 Å². The third-order valence-corrected chi connectivity index (χ3v) is 2.73. The highest BCUT2D eigenvalue weighted by molar-refractivity contribution is 5.40. The van der Waals surface area contributed by atoms with Crippen molar-refractivity contribution in [3.05, 3.63) is 29.7 Å². The van der Waals surface area contributed by atoms with Gasteiger partial charge in [-0.1, -0.05) is 0 Å². The fraction of sp³-hybridized carbons (Fsp3) is 0.455. The maximum Gasteiger partial charge on any atom is 0.181 e. The molecule has 0 amide bonds. The first kappa shape index (κ1) is 9.74. The molecule has 1 aliphatic heterocycles. The number of aryl methyl sites for hydroxylation is 1. The summed E-state index contributed by atoms with van der Waals surface area (Å²) in [7, 11) is 0. The van der Waals surface area contributed by atoms with E-state index < -0.39 is 0 Å². The van der Waals surface area contributed by atoms with E-state index in [1.165, 1.54) is 5.56 Å². The Morgan fingerprint density at radius 3 is 3.31 bits per heavy atom. The molecule has 1 fully saturated rings. The van der Waals surface area contributed by atoms with Crippen LogP contribution in [-0.4, -0.2) is 34.3 Å². The second-order valence-corrected chi connectivity index (χ2v) is 4.04. The summed E-state index contributed by atoms with van der Waals surface area (Å²) in [4.78, 5) is 4.48. The minimum Gasteiger partial charge on any atom is -0.367 e. The first-order chi connectivity index (χ1) is 7.83. The molecule has 3 heterocycles. The lowest BCUT2D eigenvalue weighted by Crippen LogP contribution is -2.33. The van der Waals surface area contributed by atoms with Crippen molar-refractivity contribution in [3.63, 3.8) is 0 Å². The Morgan fingerprint density at radius 1 is 1.56 bits per heavy atom. The molecule has 84 valence electrons. The van der Waals surface area contributed by atoms with Gasteiger partial charge in [-0.15, -0.1) is 5.10 Å². The molecule has 0 aromatic carbocycles. The lowest BCUT2D eigenvalue weighted by Gasteiger charge is -2.20. The first-order valence-electron chi connectivity index (χ1n) is 5.48. The van der Waals surface area contributed by atoms with Gasteiger partial charge in [0.1, 0.15) is 6.10 Å². The number of aromatic nitrogens is 3. The third-order valence-electron chi connectivity index (χ3n) is 2.73. The van der Waals surface area contributed by atoms with Crippen molar-refractivity contribution in [2.45, 2.75) is 13.0 Å². The molecule has 1 N–H and O–H groups in total. The second kappa shape index (κ2) is 3.84. The van der Waals surface area contributed by atoms with Gasteiger partial charge in [0.2, 0.25) is 0 Å². The number of fused-ring (bicyclic) bond motifs is 1. The van der Waals surface area contributed by atoms with Crippen molar-refractivity contribution in [1.29, 1.82) is 0 Å². The molecule has 2 aromatic rings. The van der Waals surface area contributed by atoms with Gasteiger partial charge >= 0.3 is 0 Å². The Kier molecular flexibility index (Phi) is 2.34. The summed E-state index contributed by atoms with van der Waals surface area (Å²) in [6, 6.07) is 4.04. The molecule has 0 aliphatic carbocycles. The molecule has 3 rings (SSSR count). The fourth-order valence-corrected chi connectivity index (χ4v) is 1.87. The number of nitrogens with zero attached hydrogens (tertiary/aromatic N) is 3.